The van der Waals surface area contributed by atoms with Crippen molar-refractivity contribution in [3.63, 3.8) is 0 Å². The van der Waals surface area contributed by atoms with Crippen molar-refractivity contribution in [1.29, 1.82) is 0 Å². The van der Waals surface area contributed by atoms with Crippen LogP contribution < -0.4 is 28.2 Å². The molecule has 1 aromatic heterocycles. The Hall–Kier alpha value is -0.0800. The number of nitrogens with one attached hydrogen (secondary N) is 1. The Morgan fingerprint density at radius 1 is 1.05 bits per heavy atom. The number of H-pyrrole nitrogens is 1. The van der Waals surface area contributed by atoms with Gasteiger partial charge in [-0.05, 0) is 0 Å². The number of benzene rings is 1. The summed E-state index contributed by atoms with van der Waals surface area (Å²) in [5, 5.41) is 0. The summed E-state index contributed by atoms with van der Waals surface area (Å²) in [7, 11) is 0. The molecule has 1 heterocycles. The van der Waals surface area contributed by atoms with Gasteiger partial charge in [-0.1, -0.05) is 0 Å². The van der Waals surface area contributed by atoms with Crippen LogP contribution in [0.25, 0.3) is 6.08 Å². The van der Waals surface area contributed by atoms with E-state index in [1.807, 2.05) is 0 Å². The van der Waals surface area contributed by atoms with Crippen LogP contribution in [0.2, 0.25) is 13.1 Å². The van der Waals surface area contributed by atoms with Crippen LogP contribution >= 0.6 is 0 Å². The second kappa shape index (κ2) is 7.79. The van der Waals surface area contributed by atoms with Crippen LogP contribution in [0, 0.1) is 0 Å². The van der Waals surface area contributed by atoms with Crippen molar-refractivity contribution >= 4 is 15.4 Å². The van der Waals surface area contributed by atoms with Crippen molar-refractivity contribution in [3.8, 4) is 0 Å². The first-order chi connectivity index (χ1) is 8.77. The molecular weight excluding hydrogens is 384 g/mol. The third-order valence-electron chi connectivity index (χ3n) is 3.67. The average molecular weight is 403 g/mol. The molecule has 0 spiro atoms. The molecule has 0 radical (unpaired) electrons. The smallest absolute Gasteiger partial charge is 1.00 e. The molecule has 1 nitrogen and oxygen atoms in total. The summed E-state index contributed by atoms with van der Waals surface area (Å²) in [5.41, 5.74) is 3.03. The fraction of sp³-hybridized carbons (Fsp3) is 0.200. The van der Waals surface area contributed by atoms with Crippen molar-refractivity contribution in [2.45, 2.75) is 16.7 Å². The molecule has 0 saturated heterocycles. The molecule has 1 atom stereocenters. The molecule has 1 aliphatic rings. The Morgan fingerprint density at radius 3 is 2.45 bits per heavy atom. The van der Waals surface area contributed by atoms with Crippen LogP contribution in [0.3, 0.4) is 0 Å². The Kier molecular flexibility index (Phi) is 7.00. The Labute approximate surface area is 141 Å². The molecule has 1 aliphatic carbocycles. The molecule has 0 saturated carbocycles. The van der Waals surface area contributed by atoms with E-state index in [-0.39, 0.29) is 24.8 Å². The third kappa shape index (κ3) is 3.39. The maximum atomic E-state index is 3.51. The standard InChI is InChI=1S/C9H7.C4H4N.C2H7Si.2ClH.Zr/c1-2-5-9-7-3-6-8(9)4-1;1-2-4-5-3-1;1-3-2;;;/h1-7H;1-3,5H;3H,1-2H3;2*1H;/q;;;;;+2/p-2. The molecule has 1 N–H and O–H groups in total. The number of hydrogen-bond donors (Lipinski definition) is 1. The molecule has 20 heavy (non-hydrogen) atoms. The van der Waals surface area contributed by atoms with E-state index in [1.54, 1.807) is 8.97 Å². The van der Waals surface area contributed by atoms with E-state index in [1.165, 1.54) is 5.56 Å². The van der Waals surface area contributed by atoms with Gasteiger partial charge in [-0.25, -0.2) is 0 Å². The molecular formula is C15H18Cl2NSiZr. The van der Waals surface area contributed by atoms with Gasteiger partial charge in [0.1, 0.15) is 0 Å². The summed E-state index contributed by atoms with van der Waals surface area (Å²) in [6, 6.07) is 13.4. The van der Waals surface area contributed by atoms with Gasteiger partial charge in [-0.15, -0.1) is 0 Å². The first kappa shape index (κ1) is 18.0. The van der Waals surface area contributed by atoms with E-state index >= 15 is 0 Å². The third-order valence-corrected chi connectivity index (χ3v) is 23.2. The van der Waals surface area contributed by atoms with E-state index in [4.69, 9.17) is 0 Å². The van der Waals surface area contributed by atoms with Crippen LogP contribution in [0.4, 0.5) is 0 Å². The van der Waals surface area contributed by atoms with Crippen molar-refractivity contribution in [1.82, 2.24) is 4.98 Å². The van der Waals surface area contributed by atoms with Crippen molar-refractivity contribution in [2.24, 2.45) is 0 Å². The monoisotopic (exact) mass is 400 g/mol. The maximum absolute atomic E-state index is 3.51. The molecule has 2 aromatic rings. The van der Waals surface area contributed by atoms with Gasteiger partial charge in [-0.2, -0.15) is 0 Å². The largest absolute Gasteiger partial charge is 1.00 e. The number of aromatic amines is 1. The van der Waals surface area contributed by atoms with E-state index in [9.17, 15) is 0 Å². The number of halogens is 2. The Balaban J connectivity index is 0.000001000. The summed E-state index contributed by atoms with van der Waals surface area (Å²) in [6.45, 7) is 5.06. The SMILES string of the molecule is C[SiH](C)[Zr+2]([c]1ccc[nH]1)[CH]1C=Cc2ccccc21.[Cl-].[Cl-]. The second-order valence-corrected chi connectivity index (χ2v) is 24.8. The summed E-state index contributed by atoms with van der Waals surface area (Å²) >= 11 is -1.57. The molecule has 0 fully saturated rings. The predicted molar refractivity (Wildman–Crippen MR) is 77.5 cm³/mol. The van der Waals surface area contributed by atoms with Gasteiger partial charge in [-0.3, -0.25) is 0 Å². The summed E-state index contributed by atoms with van der Waals surface area (Å²) in [4.78, 5) is 3.51. The zero-order valence-electron chi connectivity index (χ0n) is 11.6. The number of rotatable bonds is 3. The first-order valence-electron chi connectivity index (χ1n) is 6.55. The maximum Gasteiger partial charge on any atom is -1.00 e. The van der Waals surface area contributed by atoms with Gasteiger partial charge >= 0.3 is 118 Å². The Morgan fingerprint density at radius 2 is 1.80 bits per heavy atom. The summed E-state index contributed by atoms with van der Waals surface area (Å²) in [6.07, 6.45) is 6.91. The van der Waals surface area contributed by atoms with Crippen molar-refractivity contribution in [3.05, 3.63) is 59.8 Å². The normalized spacial score (nSPS) is 15.4. The van der Waals surface area contributed by atoms with Gasteiger partial charge < -0.3 is 24.8 Å². The van der Waals surface area contributed by atoms with Crippen LogP contribution in [0.1, 0.15) is 14.8 Å². The van der Waals surface area contributed by atoms with Gasteiger partial charge in [0.05, 0.1) is 0 Å². The zero-order valence-corrected chi connectivity index (χ0v) is 16.7. The summed E-state index contributed by atoms with van der Waals surface area (Å²) < 4.78 is 2.36. The Bertz CT molecular complexity index is 569. The fourth-order valence-corrected chi connectivity index (χ4v) is 21.2. The fourth-order valence-electron chi connectivity index (χ4n) is 2.87. The van der Waals surface area contributed by atoms with Crippen LogP contribution in [-0.2, 0) is 20.9 Å². The minimum absolute atomic E-state index is 0. The van der Waals surface area contributed by atoms with Crippen LogP contribution in [-0.4, -0.2) is 10.9 Å². The summed E-state index contributed by atoms with van der Waals surface area (Å²) in [5.74, 6) is -0.576. The topological polar surface area (TPSA) is 15.8 Å². The van der Waals surface area contributed by atoms with Gasteiger partial charge in [0, 0.05) is 0 Å². The predicted octanol–water partition coefficient (Wildman–Crippen LogP) is -2.98. The molecule has 105 valence electrons. The molecule has 5 heteroatoms. The molecule has 3 rings (SSSR count). The average Bonchev–Trinajstić information content (AvgIpc) is 3.00. The van der Waals surface area contributed by atoms with Gasteiger partial charge in [0.25, 0.3) is 0 Å². The number of allylic oxidation sites excluding steroid dienone is 1. The van der Waals surface area contributed by atoms with E-state index < -0.39 is 26.8 Å². The number of aromatic nitrogens is 1. The van der Waals surface area contributed by atoms with Crippen LogP contribution in [0.15, 0.2) is 48.7 Å². The van der Waals surface area contributed by atoms with Gasteiger partial charge in [0.15, 0.2) is 0 Å². The van der Waals surface area contributed by atoms with Crippen LogP contribution in [0.5, 0.6) is 0 Å². The van der Waals surface area contributed by atoms with Crippen molar-refractivity contribution in [2.75, 3.05) is 0 Å². The van der Waals surface area contributed by atoms with E-state index in [2.05, 4.69) is 72.8 Å². The quantitative estimate of drug-likeness (QED) is 0.528. The first-order valence-corrected chi connectivity index (χ1v) is 16.3. The van der Waals surface area contributed by atoms with E-state index in [0.717, 1.165) is 3.63 Å². The number of hydrogen-bond acceptors (Lipinski definition) is 0. The molecule has 0 aliphatic heterocycles. The second-order valence-electron chi connectivity index (χ2n) is 5.16. The van der Waals surface area contributed by atoms with Gasteiger partial charge in [0.2, 0.25) is 0 Å². The molecule has 1 aromatic carbocycles. The zero-order chi connectivity index (χ0) is 12.5. The molecule has 1 unspecified atom stereocenters. The minimum Gasteiger partial charge on any atom is -1.00 e. The molecule has 0 amide bonds. The number of fused-ring (bicyclic) bond motifs is 1. The minimum atomic E-state index is -1.57. The van der Waals surface area contributed by atoms with Crippen molar-refractivity contribution < 1.29 is 45.7 Å². The van der Waals surface area contributed by atoms with E-state index in [0.29, 0.717) is 0 Å². The molecule has 0 bridgehead atoms.